The normalized spacial score (nSPS) is 39.7. The maximum Gasteiger partial charge on any atom is 0.302 e. The lowest BCUT2D eigenvalue weighted by Crippen LogP contribution is -2.46. The zero-order valence-corrected chi connectivity index (χ0v) is 13.6. The van der Waals surface area contributed by atoms with Crippen molar-refractivity contribution < 1.29 is 19.7 Å². The molecule has 0 amide bonds. The highest BCUT2D eigenvalue weighted by atomic mass is 16.5. The zero-order valence-electron chi connectivity index (χ0n) is 13.6. The molecule has 4 nitrogen and oxygen atoms in total. The van der Waals surface area contributed by atoms with Crippen molar-refractivity contribution in [1.82, 2.24) is 0 Å². The van der Waals surface area contributed by atoms with Crippen LogP contribution in [0, 0.1) is 17.8 Å². The summed E-state index contributed by atoms with van der Waals surface area (Å²) in [6.45, 7) is 7.52. The standard InChI is InChI=1S/C17H28O4/c1-11(2)13-5-8-17(20,10-21-12(3)18)14-6-7-16(4,19)15(14)9-13/h9,11,14-15,19-20H,5-8,10H2,1-4H3/t14-,15?,16+,17+/m0/s1. The van der Waals surface area contributed by atoms with Gasteiger partial charge in [-0.25, -0.2) is 0 Å². The van der Waals surface area contributed by atoms with Gasteiger partial charge in [0.15, 0.2) is 0 Å². The van der Waals surface area contributed by atoms with Crippen LogP contribution in [0.3, 0.4) is 0 Å². The molecule has 21 heavy (non-hydrogen) atoms. The van der Waals surface area contributed by atoms with Gasteiger partial charge in [-0.1, -0.05) is 25.5 Å². The van der Waals surface area contributed by atoms with E-state index in [-0.39, 0.29) is 24.4 Å². The van der Waals surface area contributed by atoms with Crippen LogP contribution in [0.15, 0.2) is 11.6 Å². The molecule has 1 saturated carbocycles. The number of carbonyl (C=O) groups is 1. The first-order valence-electron chi connectivity index (χ1n) is 7.94. The SMILES string of the molecule is CC(=O)OC[C@]1(O)CCC(C(C)C)=CC2[C@@H]1CC[C@@]2(C)O. The number of carbonyl (C=O) groups excluding carboxylic acids is 1. The lowest BCUT2D eigenvalue weighted by Gasteiger charge is -2.36. The molecule has 0 radical (unpaired) electrons. The van der Waals surface area contributed by atoms with E-state index in [0.29, 0.717) is 18.8 Å². The molecule has 0 heterocycles. The summed E-state index contributed by atoms with van der Waals surface area (Å²) in [6.07, 6.45) is 4.98. The first-order chi connectivity index (χ1) is 9.66. The summed E-state index contributed by atoms with van der Waals surface area (Å²) in [5, 5.41) is 21.7. The van der Waals surface area contributed by atoms with Crippen molar-refractivity contribution in [2.75, 3.05) is 6.61 Å². The minimum atomic E-state index is -1.04. The van der Waals surface area contributed by atoms with E-state index < -0.39 is 11.2 Å². The van der Waals surface area contributed by atoms with Crippen LogP contribution in [0.1, 0.15) is 53.4 Å². The van der Waals surface area contributed by atoms with Crippen LogP contribution in [0.2, 0.25) is 0 Å². The molecule has 0 saturated heterocycles. The highest BCUT2D eigenvalue weighted by molar-refractivity contribution is 5.65. The number of esters is 1. The van der Waals surface area contributed by atoms with E-state index in [4.69, 9.17) is 4.74 Å². The maximum absolute atomic E-state index is 11.1. The third-order valence-electron chi connectivity index (χ3n) is 5.31. The second-order valence-electron chi connectivity index (χ2n) is 7.31. The highest BCUT2D eigenvalue weighted by Gasteiger charge is 2.53. The molecule has 0 aromatic carbocycles. The molecule has 0 aromatic heterocycles. The van der Waals surface area contributed by atoms with Crippen LogP contribution in [-0.2, 0) is 9.53 Å². The third-order valence-corrected chi connectivity index (χ3v) is 5.31. The van der Waals surface area contributed by atoms with Crippen molar-refractivity contribution in [3.05, 3.63) is 11.6 Å². The number of hydrogen-bond donors (Lipinski definition) is 2. The number of allylic oxidation sites excluding steroid dienone is 1. The van der Waals surface area contributed by atoms with Gasteiger partial charge in [-0.2, -0.15) is 0 Å². The fourth-order valence-corrected chi connectivity index (χ4v) is 3.87. The topological polar surface area (TPSA) is 66.8 Å². The van der Waals surface area contributed by atoms with E-state index in [1.807, 2.05) is 6.92 Å². The van der Waals surface area contributed by atoms with E-state index in [1.54, 1.807) is 0 Å². The number of fused-ring (bicyclic) bond motifs is 1. The molecular weight excluding hydrogens is 268 g/mol. The van der Waals surface area contributed by atoms with Crippen LogP contribution in [0.25, 0.3) is 0 Å². The molecule has 0 aliphatic heterocycles. The molecule has 0 aromatic rings. The second kappa shape index (κ2) is 5.73. The average Bonchev–Trinajstić information content (AvgIpc) is 2.58. The quantitative estimate of drug-likeness (QED) is 0.620. The van der Waals surface area contributed by atoms with Gasteiger partial charge in [0.05, 0.1) is 5.60 Å². The molecule has 4 atom stereocenters. The number of ether oxygens (including phenoxy) is 1. The Morgan fingerprint density at radius 3 is 2.67 bits per heavy atom. The van der Waals surface area contributed by atoms with E-state index in [0.717, 1.165) is 12.8 Å². The highest BCUT2D eigenvalue weighted by Crippen LogP contribution is 2.50. The van der Waals surface area contributed by atoms with Gasteiger partial charge in [0.1, 0.15) is 12.2 Å². The Labute approximate surface area is 127 Å². The van der Waals surface area contributed by atoms with E-state index in [1.165, 1.54) is 12.5 Å². The molecule has 0 bridgehead atoms. The van der Waals surface area contributed by atoms with Gasteiger partial charge in [-0.15, -0.1) is 0 Å². The summed E-state index contributed by atoms with van der Waals surface area (Å²) in [5.74, 6) is -0.0924. The summed E-state index contributed by atoms with van der Waals surface area (Å²) in [5.41, 5.74) is -0.547. The van der Waals surface area contributed by atoms with Crippen LogP contribution >= 0.6 is 0 Å². The fourth-order valence-electron chi connectivity index (χ4n) is 3.87. The summed E-state index contributed by atoms with van der Waals surface area (Å²) < 4.78 is 5.12. The smallest absolute Gasteiger partial charge is 0.302 e. The Balaban J connectivity index is 2.30. The van der Waals surface area contributed by atoms with Crippen LogP contribution in [-0.4, -0.2) is 34.0 Å². The predicted molar refractivity (Wildman–Crippen MR) is 80.6 cm³/mol. The van der Waals surface area contributed by atoms with E-state index >= 15 is 0 Å². The molecule has 0 spiro atoms. The first-order valence-corrected chi connectivity index (χ1v) is 7.94. The fraction of sp³-hybridized carbons (Fsp3) is 0.824. The van der Waals surface area contributed by atoms with Crippen molar-refractivity contribution >= 4 is 5.97 Å². The Hall–Kier alpha value is -0.870. The monoisotopic (exact) mass is 296 g/mol. The van der Waals surface area contributed by atoms with Gasteiger partial charge < -0.3 is 14.9 Å². The van der Waals surface area contributed by atoms with Gasteiger partial charge in [-0.3, -0.25) is 4.79 Å². The van der Waals surface area contributed by atoms with Gasteiger partial charge in [0, 0.05) is 18.8 Å². The molecule has 2 aliphatic carbocycles. The second-order valence-corrected chi connectivity index (χ2v) is 7.31. The number of rotatable bonds is 3. The number of hydrogen-bond acceptors (Lipinski definition) is 4. The lowest BCUT2D eigenvalue weighted by molar-refractivity contribution is -0.155. The maximum atomic E-state index is 11.1. The minimum Gasteiger partial charge on any atom is -0.463 e. The Morgan fingerprint density at radius 2 is 2.10 bits per heavy atom. The molecule has 2 rings (SSSR count). The van der Waals surface area contributed by atoms with Gasteiger partial charge in [0.2, 0.25) is 0 Å². The van der Waals surface area contributed by atoms with E-state index in [2.05, 4.69) is 19.9 Å². The van der Waals surface area contributed by atoms with Crippen LogP contribution in [0.4, 0.5) is 0 Å². The summed E-state index contributed by atoms with van der Waals surface area (Å²) >= 11 is 0. The van der Waals surface area contributed by atoms with E-state index in [9.17, 15) is 15.0 Å². The lowest BCUT2D eigenvalue weighted by atomic mass is 9.77. The van der Waals surface area contributed by atoms with Gasteiger partial charge in [-0.05, 0) is 38.5 Å². The Bertz CT molecular complexity index is 438. The largest absolute Gasteiger partial charge is 0.463 e. The Morgan fingerprint density at radius 1 is 1.43 bits per heavy atom. The molecular formula is C17H28O4. The van der Waals surface area contributed by atoms with Crippen molar-refractivity contribution in [2.45, 2.75) is 64.6 Å². The third kappa shape index (κ3) is 3.32. The average molecular weight is 296 g/mol. The van der Waals surface area contributed by atoms with Crippen LogP contribution in [0.5, 0.6) is 0 Å². The molecule has 4 heteroatoms. The predicted octanol–water partition coefficient (Wildman–Crippen LogP) is 2.43. The minimum absolute atomic E-state index is 0.0266. The molecule has 120 valence electrons. The molecule has 1 fully saturated rings. The van der Waals surface area contributed by atoms with Crippen molar-refractivity contribution in [3.8, 4) is 0 Å². The van der Waals surface area contributed by atoms with Gasteiger partial charge >= 0.3 is 5.97 Å². The number of aliphatic hydroxyl groups is 2. The molecule has 2 N–H and O–H groups in total. The summed E-state index contributed by atoms with van der Waals surface area (Å²) in [7, 11) is 0. The van der Waals surface area contributed by atoms with Crippen molar-refractivity contribution in [1.29, 1.82) is 0 Å². The Kier molecular flexibility index (Phi) is 4.50. The van der Waals surface area contributed by atoms with Crippen molar-refractivity contribution in [3.63, 3.8) is 0 Å². The van der Waals surface area contributed by atoms with Crippen molar-refractivity contribution in [2.24, 2.45) is 17.8 Å². The van der Waals surface area contributed by atoms with Crippen LogP contribution < -0.4 is 0 Å². The molecule has 1 unspecified atom stereocenters. The summed E-state index contributed by atoms with van der Waals surface area (Å²) in [6, 6.07) is 0. The summed E-state index contributed by atoms with van der Waals surface area (Å²) in [4.78, 5) is 11.1. The zero-order chi connectivity index (χ0) is 15.8. The van der Waals surface area contributed by atoms with Gasteiger partial charge in [0.25, 0.3) is 0 Å². The first kappa shape index (κ1) is 16.5. The molecule has 2 aliphatic rings.